The van der Waals surface area contributed by atoms with Gasteiger partial charge in [-0.25, -0.2) is 13.6 Å². The van der Waals surface area contributed by atoms with Crippen molar-refractivity contribution in [3.05, 3.63) is 95.3 Å². The molecule has 2 atom stereocenters. The van der Waals surface area contributed by atoms with Crippen LogP contribution >= 0.6 is 0 Å². The summed E-state index contributed by atoms with van der Waals surface area (Å²) in [7, 11) is 0. The largest absolute Gasteiger partial charge is 0.490 e. The lowest BCUT2D eigenvalue weighted by molar-refractivity contribution is -0.192. The van der Waals surface area contributed by atoms with Gasteiger partial charge in [0.25, 0.3) is 5.91 Å². The number of hydrogen-bond donors (Lipinski definition) is 1. The van der Waals surface area contributed by atoms with Crippen molar-refractivity contribution in [2.45, 2.75) is 31.3 Å². The Morgan fingerprint density at radius 3 is 2.19 bits per heavy atom. The van der Waals surface area contributed by atoms with Crippen LogP contribution < -0.4 is 0 Å². The molecule has 2 aromatic carbocycles. The zero-order valence-electron chi connectivity index (χ0n) is 18.8. The first kappa shape index (κ1) is 25.4. The number of likely N-dealkylation sites (tertiary alicyclic amines) is 1. The van der Waals surface area contributed by atoms with Gasteiger partial charge in [0.1, 0.15) is 17.3 Å². The van der Waals surface area contributed by atoms with Gasteiger partial charge in [0.05, 0.1) is 12.1 Å². The molecule has 1 aromatic heterocycles. The second-order valence-electron chi connectivity index (χ2n) is 8.58. The molecule has 5 rings (SSSR count). The number of aliphatic carboxylic acids is 1. The summed E-state index contributed by atoms with van der Waals surface area (Å²) >= 11 is 0. The predicted octanol–water partition coefficient (Wildman–Crippen LogP) is 4.48. The van der Waals surface area contributed by atoms with Gasteiger partial charge in [0.2, 0.25) is 0 Å². The molecule has 11 heteroatoms. The maximum atomic E-state index is 14.1. The standard InChI is InChI=1S/C23H21F2N3O.C2HF3O2/c24-18-9-7-16(8-10-18)12-28-22-15-26(13-17-4-1-2-5-19(17)25)14-21(22)27-11-3-6-20(27)23(28)29;3-2(4,5)1(6)7/h1-11,21-22H,12-15H2;(H,6,7)/t21-,22+;/m0./s1. The van der Waals surface area contributed by atoms with E-state index in [1.54, 1.807) is 24.3 Å². The number of nitrogens with zero attached hydrogens (tertiary/aromatic N) is 3. The molecule has 3 heterocycles. The average molecular weight is 507 g/mol. The highest BCUT2D eigenvalue weighted by Crippen LogP contribution is 2.35. The molecule has 190 valence electrons. The minimum atomic E-state index is -5.08. The van der Waals surface area contributed by atoms with Gasteiger partial charge in [-0.2, -0.15) is 13.2 Å². The van der Waals surface area contributed by atoms with Crippen LogP contribution in [0.25, 0.3) is 0 Å². The lowest BCUT2D eigenvalue weighted by Crippen LogP contribution is -2.49. The minimum Gasteiger partial charge on any atom is -0.475 e. The Labute approximate surface area is 203 Å². The van der Waals surface area contributed by atoms with Gasteiger partial charge in [0, 0.05) is 37.9 Å². The highest BCUT2D eigenvalue weighted by molar-refractivity contribution is 5.94. The first-order valence-electron chi connectivity index (χ1n) is 11.0. The number of aromatic nitrogens is 1. The lowest BCUT2D eigenvalue weighted by Gasteiger charge is -2.38. The number of amides is 1. The van der Waals surface area contributed by atoms with Gasteiger partial charge in [0.15, 0.2) is 0 Å². The summed E-state index contributed by atoms with van der Waals surface area (Å²) in [6, 6.07) is 16.9. The third kappa shape index (κ3) is 5.40. The molecule has 0 aliphatic carbocycles. The van der Waals surface area contributed by atoms with Crippen molar-refractivity contribution in [3.8, 4) is 0 Å². The van der Waals surface area contributed by atoms with Crippen LogP contribution in [0.1, 0.15) is 27.7 Å². The molecule has 0 spiro atoms. The topological polar surface area (TPSA) is 65.8 Å². The molecule has 1 saturated heterocycles. The van der Waals surface area contributed by atoms with Gasteiger partial charge in [-0.1, -0.05) is 30.3 Å². The molecular formula is C25H22F5N3O3. The Bertz CT molecular complexity index is 1240. The smallest absolute Gasteiger partial charge is 0.475 e. The fourth-order valence-corrected chi connectivity index (χ4v) is 4.56. The van der Waals surface area contributed by atoms with Crippen molar-refractivity contribution in [2.24, 2.45) is 0 Å². The Hall–Kier alpha value is -3.73. The number of carbonyl (C=O) groups is 2. The van der Waals surface area contributed by atoms with Crippen molar-refractivity contribution in [1.82, 2.24) is 14.4 Å². The number of carbonyl (C=O) groups excluding carboxylic acids is 1. The normalized spacial score (nSPS) is 19.4. The highest BCUT2D eigenvalue weighted by Gasteiger charge is 2.45. The van der Waals surface area contributed by atoms with Crippen molar-refractivity contribution in [3.63, 3.8) is 0 Å². The van der Waals surface area contributed by atoms with Crippen LogP contribution in [0.2, 0.25) is 0 Å². The van der Waals surface area contributed by atoms with Gasteiger partial charge in [-0.15, -0.1) is 0 Å². The number of carboxylic acids is 1. The van der Waals surface area contributed by atoms with E-state index in [9.17, 15) is 26.7 Å². The third-order valence-electron chi connectivity index (χ3n) is 6.21. The van der Waals surface area contributed by atoms with Crippen LogP contribution in [0, 0.1) is 11.6 Å². The molecule has 6 nitrogen and oxygen atoms in total. The van der Waals surface area contributed by atoms with Crippen molar-refractivity contribution in [2.75, 3.05) is 13.1 Å². The molecule has 0 bridgehead atoms. The Morgan fingerprint density at radius 1 is 0.917 bits per heavy atom. The molecule has 1 N–H and O–H groups in total. The van der Waals surface area contributed by atoms with E-state index in [2.05, 4.69) is 9.47 Å². The monoisotopic (exact) mass is 507 g/mol. The van der Waals surface area contributed by atoms with E-state index >= 15 is 0 Å². The van der Waals surface area contributed by atoms with E-state index in [1.807, 2.05) is 29.3 Å². The average Bonchev–Trinajstić information content (AvgIpc) is 3.47. The summed E-state index contributed by atoms with van der Waals surface area (Å²) in [6.07, 6.45) is -3.13. The summed E-state index contributed by atoms with van der Waals surface area (Å²) in [4.78, 5) is 26.1. The Kier molecular flexibility index (Phi) is 7.11. The fraction of sp³-hybridized carbons (Fsp3) is 0.280. The van der Waals surface area contributed by atoms with Crippen LogP contribution in [0.4, 0.5) is 22.0 Å². The van der Waals surface area contributed by atoms with Crippen LogP contribution in [-0.4, -0.2) is 56.7 Å². The zero-order valence-corrected chi connectivity index (χ0v) is 18.8. The van der Waals surface area contributed by atoms with Gasteiger partial charge in [-0.05, 0) is 35.9 Å². The van der Waals surface area contributed by atoms with E-state index in [0.29, 0.717) is 30.9 Å². The molecule has 1 fully saturated rings. The third-order valence-corrected chi connectivity index (χ3v) is 6.21. The maximum absolute atomic E-state index is 14.1. The quantitative estimate of drug-likeness (QED) is 0.529. The molecule has 2 aliphatic rings. The molecule has 36 heavy (non-hydrogen) atoms. The molecule has 0 saturated carbocycles. The number of hydrogen-bond acceptors (Lipinski definition) is 3. The fourth-order valence-electron chi connectivity index (χ4n) is 4.56. The number of alkyl halides is 3. The predicted molar refractivity (Wildman–Crippen MR) is 119 cm³/mol. The van der Waals surface area contributed by atoms with Crippen molar-refractivity contribution in [1.29, 1.82) is 0 Å². The molecule has 3 aromatic rings. The SMILES string of the molecule is O=C(O)C(F)(F)F.O=C1c2cccn2[C@H]2CN(Cc3ccccc3F)C[C@H]2N1Cc1ccc(F)cc1. The summed E-state index contributed by atoms with van der Waals surface area (Å²) in [6.45, 7) is 2.35. The summed E-state index contributed by atoms with van der Waals surface area (Å²) in [5.74, 6) is -3.27. The minimum absolute atomic E-state index is 0.0146. The molecule has 0 radical (unpaired) electrons. The van der Waals surface area contributed by atoms with E-state index in [0.717, 1.165) is 12.1 Å². The number of carboxylic acid groups (broad SMARTS) is 1. The second kappa shape index (κ2) is 10.1. The Morgan fingerprint density at radius 2 is 1.56 bits per heavy atom. The molecule has 2 aliphatic heterocycles. The van der Waals surface area contributed by atoms with Crippen LogP contribution in [0.3, 0.4) is 0 Å². The van der Waals surface area contributed by atoms with Gasteiger partial charge in [-0.3, -0.25) is 9.69 Å². The van der Waals surface area contributed by atoms with Crippen LogP contribution in [0.15, 0.2) is 66.9 Å². The van der Waals surface area contributed by atoms with Gasteiger partial charge >= 0.3 is 12.1 Å². The zero-order chi connectivity index (χ0) is 26.0. The number of benzene rings is 2. The van der Waals surface area contributed by atoms with E-state index < -0.39 is 12.1 Å². The summed E-state index contributed by atoms with van der Waals surface area (Å²) in [5.41, 5.74) is 2.22. The van der Waals surface area contributed by atoms with Crippen LogP contribution in [-0.2, 0) is 17.9 Å². The second-order valence-corrected chi connectivity index (χ2v) is 8.58. The van der Waals surface area contributed by atoms with E-state index in [4.69, 9.17) is 9.90 Å². The molecule has 0 unspecified atom stereocenters. The molecule has 1 amide bonds. The molecular weight excluding hydrogens is 485 g/mol. The lowest BCUT2D eigenvalue weighted by atomic mass is 10.0. The van der Waals surface area contributed by atoms with Crippen molar-refractivity contribution >= 4 is 11.9 Å². The first-order chi connectivity index (χ1) is 17.0. The highest BCUT2D eigenvalue weighted by atomic mass is 19.4. The van der Waals surface area contributed by atoms with Crippen molar-refractivity contribution < 1.29 is 36.6 Å². The number of rotatable bonds is 4. The number of halogens is 5. The summed E-state index contributed by atoms with van der Waals surface area (Å²) < 4.78 is 61.2. The van der Waals surface area contributed by atoms with E-state index in [-0.39, 0.29) is 29.6 Å². The van der Waals surface area contributed by atoms with Gasteiger partial charge < -0.3 is 14.6 Å². The summed E-state index contributed by atoms with van der Waals surface area (Å²) in [5, 5.41) is 7.12. The maximum Gasteiger partial charge on any atom is 0.490 e. The Balaban J connectivity index is 0.000000384. The first-order valence-corrected chi connectivity index (χ1v) is 11.0. The van der Waals surface area contributed by atoms with E-state index in [1.165, 1.54) is 18.2 Å². The van der Waals surface area contributed by atoms with Crippen LogP contribution in [0.5, 0.6) is 0 Å². The number of fused-ring (bicyclic) bond motifs is 3.